The number of anilines is 1. The van der Waals surface area contributed by atoms with E-state index in [1.54, 1.807) is 12.1 Å². The van der Waals surface area contributed by atoms with E-state index >= 15 is 0 Å². The molecule has 2 N–H and O–H groups in total. The number of carbonyl (C=O) groups is 2. The number of amides is 2. The molecule has 0 aliphatic carbocycles. The third kappa shape index (κ3) is 4.65. The van der Waals surface area contributed by atoms with Crippen LogP contribution < -0.4 is 10.6 Å². The molecule has 9 nitrogen and oxygen atoms in total. The summed E-state index contributed by atoms with van der Waals surface area (Å²) in [5.41, 5.74) is -0.806. The SMILES string of the molecule is Cc1c(Br)c(C(F)(F)F)nn1[C@@H](C)C(=O)Nc1cnn(C)c1C(=O)NCc1ccco1. The summed E-state index contributed by atoms with van der Waals surface area (Å²) in [7, 11) is 1.52. The van der Waals surface area contributed by atoms with Crippen molar-refractivity contribution in [2.75, 3.05) is 5.32 Å². The lowest BCUT2D eigenvalue weighted by molar-refractivity contribution is -0.142. The highest BCUT2D eigenvalue weighted by molar-refractivity contribution is 9.10. The molecule has 0 spiro atoms. The molecule has 3 aromatic heterocycles. The van der Waals surface area contributed by atoms with E-state index in [0.717, 1.165) is 4.68 Å². The minimum absolute atomic E-state index is 0.0708. The van der Waals surface area contributed by atoms with Crippen molar-refractivity contribution >= 4 is 33.4 Å². The molecule has 13 heteroatoms. The number of hydrogen-bond acceptors (Lipinski definition) is 5. The third-order valence-corrected chi connectivity index (χ3v) is 5.46. The van der Waals surface area contributed by atoms with Gasteiger partial charge in [-0.3, -0.25) is 19.0 Å². The van der Waals surface area contributed by atoms with Crippen LogP contribution in [0.3, 0.4) is 0 Å². The maximum atomic E-state index is 13.1. The predicted molar refractivity (Wildman–Crippen MR) is 106 cm³/mol. The molecule has 0 saturated carbocycles. The lowest BCUT2D eigenvalue weighted by atomic mass is 10.2. The first-order valence-corrected chi connectivity index (χ1v) is 9.75. The van der Waals surface area contributed by atoms with Gasteiger partial charge < -0.3 is 15.1 Å². The van der Waals surface area contributed by atoms with E-state index < -0.39 is 29.7 Å². The number of carbonyl (C=O) groups excluding carboxylic acids is 2. The van der Waals surface area contributed by atoms with Gasteiger partial charge in [0.2, 0.25) is 5.91 Å². The zero-order valence-corrected chi connectivity index (χ0v) is 18.2. The van der Waals surface area contributed by atoms with E-state index in [9.17, 15) is 22.8 Å². The van der Waals surface area contributed by atoms with E-state index in [-0.39, 0.29) is 28.1 Å². The minimum atomic E-state index is -4.67. The topological polar surface area (TPSA) is 107 Å². The second-order valence-corrected chi connectivity index (χ2v) is 7.44. The van der Waals surface area contributed by atoms with E-state index in [4.69, 9.17) is 4.42 Å². The number of aryl methyl sites for hydroxylation is 1. The van der Waals surface area contributed by atoms with E-state index in [2.05, 4.69) is 36.8 Å². The van der Waals surface area contributed by atoms with Crippen LogP contribution >= 0.6 is 15.9 Å². The number of rotatable bonds is 6. The third-order valence-electron chi connectivity index (χ3n) is 4.51. The molecule has 3 rings (SSSR count). The van der Waals surface area contributed by atoms with Crippen LogP contribution in [-0.2, 0) is 24.6 Å². The van der Waals surface area contributed by atoms with Crippen molar-refractivity contribution in [2.24, 2.45) is 7.05 Å². The fraction of sp³-hybridized carbons (Fsp3) is 0.333. The van der Waals surface area contributed by atoms with Gasteiger partial charge in [-0.05, 0) is 41.9 Å². The van der Waals surface area contributed by atoms with Crippen molar-refractivity contribution in [2.45, 2.75) is 32.6 Å². The molecule has 2 amide bonds. The molecule has 0 aliphatic rings. The lowest BCUT2D eigenvalue weighted by Gasteiger charge is -2.15. The Bertz CT molecular complexity index is 1100. The summed E-state index contributed by atoms with van der Waals surface area (Å²) in [6.07, 6.45) is -1.93. The van der Waals surface area contributed by atoms with Crippen molar-refractivity contribution < 1.29 is 27.2 Å². The Morgan fingerprint density at radius 3 is 2.65 bits per heavy atom. The number of hydrogen-bond donors (Lipinski definition) is 2. The molecule has 0 saturated heterocycles. The van der Waals surface area contributed by atoms with Crippen LogP contribution in [0.2, 0.25) is 0 Å². The van der Waals surface area contributed by atoms with Crippen LogP contribution in [0.4, 0.5) is 18.9 Å². The number of nitrogens with one attached hydrogen (secondary N) is 2. The summed E-state index contributed by atoms with van der Waals surface area (Å²) in [6.45, 7) is 2.93. The monoisotopic (exact) mass is 502 g/mol. The molecule has 3 aromatic rings. The Hall–Kier alpha value is -3.09. The van der Waals surface area contributed by atoms with Gasteiger partial charge in [0.05, 0.1) is 34.9 Å². The summed E-state index contributed by atoms with van der Waals surface area (Å²) >= 11 is 2.88. The first-order chi connectivity index (χ1) is 14.5. The Morgan fingerprint density at radius 1 is 1.35 bits per heavy atom. The summed E-state index contributed by atoms with van der Waals surface area (Å²) in [5.74, 6) is -0.647. The molecule has 0 bridgehead atoms. The van der Waals surface area contributed by atoms with Gasteiger partial charge in [0.1, 0.15) is 17.5 Å². The molecule has 3 heterocycles. The molecule has 0 aliphatic heterocycles. The minimum Gasteiger partial charge on any atom is -0.467 e. The highest BCUT2D eigenvalue weighted by atomic mass is 79.9. The standard InChI is InChI=1S/C18H18BrF3N6O3/c1-9-13(19)15(18(20,21)22)26-28(9)10(2)16(29)25-12-8-24-27(3)14(12)17(30)23-7-11-5-4-6-31-11/h4-6,8,10H,7H2,1-3H3,(H,23,30)(H,25,29)/t10-/m0/s1. The van der Waals surface area contributed by atoms with Gasteiger partial charge in [-0.15, -0.1) is 0 Å². The summed E-state index contributed by atoms with van der Waals surface area (Å²) in [6, 6.07) is 2.28. The summed E-state index contributed by atoms with van der Waals surface area (Å²) in [4.78, 5) is 25.3. The molecular weight excluding hydrogens is 485 g/mol. The number of halogens is 4. The van der Waals surface area contributed by atoms with Crippen LogP contribution in [0.1, 0.15) is 40.6 Å². The van der Waals surface area contributed by atoms with Crippen LogP contribution in [0, 0.1) is 6.92 Å². The highest BCUT2D eigenvalue weighted by Crippen LogP contribution is 2.36. The molecule has 0 fully saturated rings. The smallest absolute Gasteiger partial charge is 0.436 e. The van der Waals surface area contributed by atoms with Crippen molar-refractivity contribution in [1.82, 2.24) is 24.9 Å². The number of aromatic nitrogens is 4. The maximum absolute atomic E-state index is 13.1. The van der Waals surface area contributed by atoms with Crippen LogP contribution in [0.5, 0.6) is 0 Å². The zero-order chi connectivity index (χ0) is 22.9. The van der Waals surface area contributed by atoms with Gasteiger partial charge in [-0.25, -0.2) is 0 Å². The van der Waals surface area contributed by atoms with E-state index in [1.807, 2.05) is 0 Å². The molecule has 0 unspecified atom stereocenters. The van der Waals surface area contributed by atoms with Crippen LogP contribution in [0.15, 0.2) is 33.5 Å². The molecule has 166 valence electrons. The second-order valence-electron chi connectivity index (χ2n) is 6.65. The van der Waals surface area contributed by atoms with Crippen LogP contribution in [0.25, 0.3) is 0 Å². The van der Waals surface area contributed by atoms with Crippen molar-refractivity contribution in [3.63, 3.8) is 0 Å². The van der Waals surface area contributed by atoms with Crippen molar-refractivity contribution in [3.8, 4) is 0 Å². The van der Waals surface area contributed by atoms with Crippen LogP contribution in [-0.4, -0.2) is 31.4 Å². The van der Waals surface area contributed by atoms with Gasteiger partial charge >= 0.3 is 6.18 Å². The van der Waals surface area contributed by atoms with Crippen molar-refractivity contribution in [3.05, 3.63) is 51.9 Å². The zero-order valence-electron chi connectivity index (χ0n) is 16.6. The molecule has 0 aromatic carbocycles. The number of furan rings is 1. The number of nitrogens with zero attached hydrogens (tertiary/aromatic N) is 4. The van der Waals surface area contributed by atoms with Gasteiger partial charge in [-0.2, -0.15) is 23.4 Å². The van der Waals surface area contributed by atoms with Gasteiger partial charge in [0.25, 0.3) is 5.91 Å². The summed E-state index contributed by atoms with van der Waals surface area (Å²) < 4.78 is 46.5. The lowest BCUT2D eigenvalue weighted by Crippen LogP contribution is -2.29. The largest absolute Gasteiger partial charge is 0.467 e. The molecule has 0 radical (unpaired) electrons. The second kappa shape index (κ2) is 8.57. The summed E-state index contributed by atoms with van der Waals surface area (Å²) in [5, 5.41) is 12.7. The first kappa shape index (κ1) is 22.6. The fourth-order valence-corrected chi connectivity index (χ4v) is 3.35. The number of alkyl halides is 3. The predicted octanol–water partition coefficient (Wildman–Crippen LogP) is 3.43. The fourth-order valence-electron chi connectivity index (χ4n) is 2.87. The van der Waals surface area contributed by atoms with Crippen molar-refractivity contribution in [1.29, 1.82) is 0 Å². The first-order valence-electron chi connectivity index (χ1n) is 8.96. The Morgan fingerprint density at radius 2 is 2.06 bits per heavy atom. The average Bonchev–Trinajstić information content (AvgIpc) is 3.40. The van der Waals surface area contributed by atoms with E-state index in [0.29, 0.717) is 5.76 Å². The quantitative estimate of drug-likeness (QED) is 0.536. The Labute approximate surface area is 182 Å². The maximum Gasteiger partial charge on any atom is 0.436 e. The average molecular weight is 503 g/mol. The molecular formula is C18H18BrF3N6O3. The van der Waals surface area contributed by atoms with Gasteiger partial charge in [-0.1, -0.05) is 0 Å². The molecule has 31 heavy (non-hydrogen) atoms. The highest BCUT2D eigenvalue weighted by Gasteiger charge is 2.39. The molecule has 1 atom stereocenters. The normalized spacial score (nSPS) is 12.6. The van der Waals surface area contributed by atoms with E-state index in [1.165, 1.54) is 38.0 Å². The van der Waals surface area contributed by atoms with Gasteiger partial charge in [0.15, 0.2) is 5.69 Å². The Kier molecular flexibility index (Phi) is 6.25. The Balaban J connectivity index is 1.77. The van der Waals surface area contributed by atoms with Gasteiger partial charge in [0, 0.05) is 7.05 Å².